The predicted molar refractivity (Wildman–Crippen MR) is 169 cm³/mol. The molecule has 0 aliphatic carbocycles. The summed E-state index contributed by atoms with van der Waals surface area (Å²) in [5.41, 5.74) is 16.3. The molecule has 11 heteroatoms. The first-order valence-corrected chi connectivity index (χ1v) is 14.8. The van der Waals surface area contributed by atoms with Crippen LogP contribution in [0.3, 0.4) is 0 Å². The lowest BCUT2D eigenvalue weighted by Crippen LogP contribution is -2.44. The Bertz CT molecular complexity index is 1520. The molecule has 3 aromatic carbocycles. The number of fused-ring (bicyclic) bond motifs is 3. The number of hydrazone groups is 1. The number of hydrazine groups is 2. The van der Waals surface area contributed by atoms with E-state index in [1.807, 2.05) is 66.7 Å². The minimum atomic E-state index is -1.61. The third-order valence-electron chi connectivity index (χ3n) is 7.10. The molecule has 1 unspecified atom stereocenters. The van der Waals surface area contributed by atoms with Crippen molar-refractivity contribution in [1.29, 1.82) is 0 Å². The van der Waals surface area contributed by atoms with Crippen molar-refractivity contribution in [1.82, 2.24) is 21.3 Å². The van der Waals surface area contributed by atoms with Gasteiger partial charge >= 0.3 is 0 Å². The van der Waals surface area contributed by atoms with E-state index in [-0.39, 0.29) is 0 Å². The molecule has 0 spiro atoms. The van der Waals surface area contributed by atoms with E-state index < -0.39 is 5.60 Å². The van der Waals surface area contributed by atoms with Gasteiger partial charge < -0.3 is 21.1 Å². The van der Waals surface area contributed by atoms with Crippen molar-refractivity contribution < 1.29 is 5.11 Å². The number of hydrogen-bond acceptors (Lipinski definition) is 10. The average molecular weight is 589 g/mol. The van der Waals surface area contributed by atoms with Crippen molar-refractivity contribution in [3.8, 4) is 0 Å². The van der Waals surface area contributed by atoms with Crippen LogP contribution >= 0.6 is 23.4 Å². The van der Waals surface area contributed by atoms with E-state index >= 15 is 0 Å². The van der Waals surface area contributed by atoms with Gasteiger partial charge in [-0.2, -0.15) is 11.8 Å². The molecule has 0 saturated carbocycles. The summed E-state index contributed by atoms with van der Waals surface area (Å²) in [7, 11) is 1.81. The molecule has 2 heterocycles. The number of aliphatic imine (C=N–C) groups is 1. The Morgan fingerprint density at radius 1 is 1.20 bits per heavy atom. The van der Waals surface area contributed by atoms with E-state index in [0.717, 1.165) is 41.2 Å². The van der Waals surface area contributed by atoms with Gasteiger partial charge in [0.1, 0.15) is 0 Å². The number of nitrogens with one attached hydrogen (secondary N) is 3. The molecule has 41 heavy (non-hydrogen) atoms. The number of likely N-dealkylation sites (N-methyl/N-ethyl adjacent to an activating group) is 1. The predicted octanol–water partition coefficient (Wildman–Crippen LogP) is 3.86. The summed E-state index contributed by atoms with van der Waals surface area (Å²) >= 11 is 8.16. The zero-order valence-corrected chi connectivity index (χ0v) is 24.5. The summed E-state index contributed by atoms with van der Waals surface area (Å²) < 4.78 is 0. The highest BCUT2D eigenvalue weighted by Crippen LogP contribution is 2.41. The van der Waals surface area contributed by atoms with Crippen LogP contribution < -0.4 is 27.1 Å². The lowest BCUT2D eigenvalue weighted by molar-refractivity contribution is 0.0967. The Labute approximate surface area is 249 Å². The van der Waals surface area contributed by atoms with Gasteiger partial charge in [0.15, 0.2) is 5.60 Å². The quantitative estimate of drug-likeness (QED) is 0.215. The molecule has 5 rings (SSSR count). The van der Waals surface area contributed by atoms with Gasteiger partial charge in [-0.3, -0.25) is 0 Å². The third-order valence-corrected chi connectivity index (χ3v) is 7.95. The Morgan fingerprint density at radius 3 is 2.68 bits per heavy atom. The smallest absolute Gasteiger partial charge is 0.265 e. The maximum Gasteiger partial charge on any atom is 0.265 e. The van der Waals surface area contributed by atoms with Crippen LogP contribution in [0.15, 0.2) is 101 Å². The highest BCUT2D eigenvalue weighted by molar-refractivity contribution is 7.98. The fourth-order valence-electron chi connectivity index (χ4n) is 4.95. The molecule has 2 aliphatic rings. The van der Waals surface area contributed by atoms with E-state index in [1.54, 1.807) is 34.9 Å². The number of aliphatic hydroxyl groups is 1. The first-order chi connectivity index (χ1) is 19.9. The van der Waals surface area contributed by atoms with Gasteiger partial charge in [0.25, 0.3) is 5.96 Å². The van der Waals surface area contributed by atoms with E-state index in [9.17, 15) is 5.11 Å². The molecule has 9 nitrogen and oxygen atoms in total. The van der Waals surface area contributed by atoms with Crippen molar-refractivity contribution >= 4 is 40.7 Å². The van der Waals surface area contributed by atoms with Crippen LogP contribution in [0, 0.1) is 0 Å². The monoisotopic (exact) mass is 588 g/mol. The van der Waals surface area contributed by atoms with Crippen LogP contribution in [-0.2, 0) is 12.1 Å². The summed E-state index contributed by atoms with van der Waals surface area (Å²) in [6, 6.07) is 21.2. The molecule has 0 bridgehead atoms. The summed E-state index contributed by atoms with van der Waals surface area (Å²) in [4.78, 5) is 6.54. The number of thioether (sulfide) groups is 1. The van der Waals surface area contributed by atoms with E-state index in [4.69, 9.17) is 22.3 Å². The van der Waals surface area contributed by atoms with Crippen LogP contribution in [0.25, 0.3) is 0 Å². The van der Waals surface area contributed by atoms with E-state index in [0.29, 0.717) is 33.5 Å². The van der Waals surface area contributed by atoms with Crippen molar-refractivity contribution in [3.05, 3.63) is 124 Å². The molecule has 0 saturated heterocycles. The summed E-state index contributed by atoms with van der Waals surface area (Å²) in [6.07, 6.45) is 5.13. The Morgan fingerprint density at radius 2 is 1.98 bits per heavy atom. The number of hydrogen-bond donors (Lipinski definition) is 5. The summed E-state index contributed by atoms with van der Waals surface area (Å²) in [5.74, 6) is 1.51. The highest BCUT2D eigenvalue weighted by atomic mass is 35.5. The first-order valence-electron chi connectivity index (χ1n) is 13.1. The molecule has 0 amide bonds. The molecule has 212 valence electrons. The normalized spacial score (nSPS) is 15.7. The second-order valence-electron chi connectivity index (χ2n) is 9.60. The van der Waals surface area contributed by atoms with Crippen molar-refractivity contribution in [2.24, 2.45) is 15.8 Å². The molecular weight excluding hydrogens is 556 g/mol. The number of guanidine groups is 1. The van der Waals surface area contributed by atoms with Crippen LogP contribution in [-0.4, -0.2) is 47.3 Å². The lowest BCUT2D eigenvalue weighted by Gasteiger charge is -2.37. The summed E-state index contributed by atoms with van der Waals surface area (Å²) in [5, 5.41) is 22.7. The van der Waals surface area contributed by atoms with Crippen LogP contribution in [0.4, 0.5) is 5.69 Å². The van der Waals surface area contributed by atoms with Gasteiger partial charge in [-0.25, -0.2) is 15.5 Å². The minimum Gasteiger partial charge on any atom is -0.403 e. The van der Waals surface area contributed by atoms with Gasteiger partial charge in [-0.05, 0) is 53.4 Å². The Balaban J connectivity index is 1.63. The molecule has 0 radical (unpaired) electrons. The maximum atomic E-state index is 12.7. The fraction of sp³-hybridized carbons (Fsp3) is 0.200. The second kappa shape index (κ2) is 12.4. The van der Waals surface area contributed by atoms with Gasteiger partial charge in [-0.15, -0.1) is 10.6 Å². The number of halogens is 1. The maximum absolute atomic E-state index is 12.7. The van der Waals surface area contributed by atoms with Crippen LogP contribution in [0.5, 0.6) is 0 Å². The summed E-state index contributed by atoms with van der Waals surface area (Å²) in [6.45, 7) is 5.57. The Kier molecular flexibility index (Phi) is 8.67. The van der Waals surface area contributed by atoms with Crippen molar-refractivity contribution in [3.63, 3.8) is 0 Å². The van der Waals surface area contributed by atoms with Crippen LogP contribution in [0.2, 0.25) is 5.02 Å². The third kappa shape index (κ3) is 5.57. The van der Waals surface area contributed by atoms with E-state index in [2.05, 4.69) is 34.3 Å². The highest BCUT2D eigenvalue weighted by Gasteiger charge is 2.40. The van der Waals surface area contributed by atoms with Crippen LogP contribution in [0.1, 0.15) is 27.8 Å². The zero-order valence-electron chi connectivity index (χ0n) is 22.9. The SMILES string of the molecule is C=CN(C)/C(=C\N)C(O)(c1ccc(CNCCSC)cc1)c1ccc2c(c1)C(c1cccc(Cl)c1)=NC1=NNNN12. The van der Waals surface area contributed by atoms with Crippen molar-refractivity contribution in [2.75, 3.05) is 30.6 Å². The minimum absolute atomic E-state index is 0.457. The van der Waals surface area contributed by atoms with E-state index in [1.165, 1.54) is 6.20 Å². The number of anilines is 1. The number of benzene rings is 3. The number of nitrogens with zero attached hydrogens (tertiary/aromatic N) is 4. The molecule has 6 N–H and O–H groups in total. The van der Waals surface area contributed by atoms with Crippen molar-refractivity contribution in [2.45, 2.75) is 12.1 Å². The molecule has 3 aromatic rings. The topological polar surface area (TPSA) is 114 Å². The molecule has 0 fully saturated rings. The molecular formula is C30H33ClN8OS. The largest absolute Gasteiger partial charge is 0.403 e. The fourth-order valence-corrected chi connectivity index (χ4v) is 5.49. The number of rotatable bonds is 11. The molecule has 1 atom stereocenters. The van der Waals surface area contributed by atoms with Gasteiger partial charge in [0.05, 0.1) is 17.1 Å². The first kappa shape index (κ1) is 28.7. The van der Waals surface area contributed by atoms with Gasteiger partial charge in [-0.1, -0.05) is 60.6 Å². The van der Waals surface area contributed by atoms with Gasteiger partial charge in [0.2, 0.25) is 0 Å². The van der Waals surface area contributed by atoms with Gasteiger partial charge in [0, 0.05) is 48.2 Å². The Hall–Kier alpha value is -3.80. The lowest BCUT2D eigenvalue weighted by atomic mass is 9.81. The second-order valence-corrected chi connectivity index (χ2v) is 11.0. The zero-order chi connectivity index (χ0) is 29.0. The number of nitrogens with two attached hydrogens (primary N) is 1. The standard InChI is InChI=1S/C30H33ClN8OS/c1-4-38(2)27(18-32)30(40,22-10-8-20(9-11-22)19-33-14-15-41-3)23-12-13-26-25(17-23)28(21-6-5-7-24(31)16-21)34-29-35-36-37-39(26)29/h4-13,16-18,33,36-37,40H,1,14-15,19,32H2,2-3H3/b27-18-. The molecule has 0 aromatic heterocycles. The molecule has 2 aliphatic heterocycles. The average Bonchev–Trinajstić information content (AvgIpc) is 3.48.